The summed E-state index contributed by atoms with van der Waals surface area (Å²) in [5.74, 6) is -2.44. The van der Waals surface area contributed by atoms with Crippen molar-refractivity contribution in [2.24, 2.45) is 0 Å². The van der Waals surface area contributed by atoms with E-state index >= 15 is 0 Å². The zero-order chi connectivity index (χ0) is 13.4. The molecular weight excluding hydrogens is 232 g/mol. The summed E-state index contributed by atoms with van der Waals surface area (Å²) in [6.07, 6.45) is 0. The van der Waals surface area contributed by atoms with Crippen LogP contribution < -0.4 is 0 Å². The summed E-state index contributed by atoms with van der Waals surface area (Å²) >= 11 is 0. The quantitative estimate of drug-likeness (QED) is 0.851. The number of aryl methyl sites for hydroxylation is 2. The lowest BCUT2D eigenvalue weighted by molar-refractivity contribution is 0.0653. The SMILES string of the molecule is Cc1ccc2c(C)cc(C(=O)O)c(C(=O)O)c2c1. The topological polar surface area (TPSA) is 74.6 Å². The van der Waals surface area contributed by atoms with Gasteiger partial charge in [-0.3, -0.25) is 0 Å². The molecule has 2 aromatic rings. The lowest BCUT2D eigenvalue weighted by atomic mass is 9.94. The van der Waals surface area contributed by atoms with Gasteiger partial charge in [0.25, 0.3) is 0 Å². The molecule has 4 heteroatoms. The summed E-state index contributed by atoms with van der Waals surface area (Å²) in [7, 11) is 0. The van der Waals surface area contributed by atoms with Gasteiger partial charge in [-0.15, -0.1) is 0 Å². The van der Waals surface area contributed by atoms with Gasteiger partial charge in [0.2, 0.25) is 0 Å². The average molecular weight is 244 g/mol. The molecule has 0 spiro atoms. The Hall–Kier alpha value is -2.36. The molecule has 0 amide bonds. The van der Waals surface area contributed by atoms with Crippen molar-refractivity contribution in [3.05, 3.63) is 46.5 Å². The molecule has 0 bridgehead atoms. The Bertz CT molecular complexity index is 671. The Morgan fingerprint density at radius 3 is 2.17 bits per heavy atom. The standard InChI is InChI=1S/C14H12O4/c1-7-3-4-9-8(2)6-11(13(15)16)12(14(17)18)10(9)5-7/h3-6H,1-2H3,(H,15,16)(H,17,18). The fourth-order valence-corrected chi connectivity index (χ4v) is 2.12. The van der Waals surface area contributed by atoms with Crippen molar-refractivity contribution in [2.45, 2.75) is 13.8 Å². The van der Waals surface area contributed by atoms with Crippen molar-refractivity contribution >= 4 is 22.7 Å². The molecule has 0 aromatic heterocycles. The Balaban J connectivity index is 3.00. The van der Waals surface area contributed by atoms with Crippen molar-refractivity contribution < 1.29 is 19.8 Å². The molecule has 18 heavy (non-hydrogen) atoms. The number of aromatic carboxylic acids is 2. The zero-order valence-electron chi connectivity index (χ0n) is 10.0. The summed E-state index contributed by atoms with van der Waals surface area (Å²) < 4.78 is 0. The van der Waals surface area contributed by atoms with E-state index in [1.807, 2.05) is 19.1 Å². The molecule has 0 fully saturated rings. The first-order valence-electron chi connectivity index (χ1n) is 5.42. The Kier molecular flexibility index (Phi) is 2.79. The van der Waals surface area contributed by atoms with Crippen LogP contribution in [0.1, 0.15) is 31.8 Å². The number of fused-ring (bicyclic) bond motifs is 1. The molecule has 0 atom stereocenters. The summed E-state index contributed by atoms with van der Waals surface area (Å²) in [5, 5.41) is 19.6. The minimum Gasteiger partial charge on any atom is -0.478 e. The maximum atomic E-state index is 11.3. The zero-order valence-corrected chi connectivity index (χ0v) is 10.0. The second kappa shape index (κ2) is 4.14. The van der Waals surface area contributed by atoms with E-state index in [9.17, 15) is 14.7 Å². The van der Waals surface area contributed by atoms with Crippen LogP contribution in [0.25, 0.3) is 10.8 Å². The normalized spacial score (nSPS) is 10.6. The smallest absolute Gasteiger partial charge is 0.337 e. The van der Waals surface area contributed by atoms with Crippen LogP contribution in [-0.2, 0) is 0 Å². The number of carboxylic acid groups (broad SMARTS) is 2. The predicted molar refractivity (Wildman–Crippen MR) is 67.3 cm³/mol. The van der Waals surface area contributed by atoms with Gasteiger partial charge in [0.05, 0.1) is 11.1 Å². The monoisotopic (exact) mass is 244 g/mol. The van der Waals surface area contributed by atoms with E-state index in [1.54, 1.807) is 13.0 Å². The van der Waals surface area contributed by atoms with E-state index in [4.69, 9.17) is 5.11 Å². The van der Waals surface area contributed by atoms with E-state index in [-0.39, 0.29) is 11.1 Å². The number of carbonyl (C=O) groups is 2. The molecule has 2 rings (SSSR count). The van der Waals surface area contributed by atoms with E-state index in [1.165, 1.54) is 6.07 Å². The molecule has 0 saturated heterocycles. The first-order valence-corrected chi connectivity index (χ1v) is 5.42. The summed E-state index contributed by atoms with van der Waals surface area (Å²) in [6.45, 7) is 3.61. The molecule has 2 N–H and O–H groups in total. The fourth-order valence-electron chi connectivity index (χ4n) is 2.12. The Labute approximate surface area is 103 Å². The summed E-state index contributed by atoms with van der Waals surface area (Å²) in [5.41, 5.74) is 1.34. The molecule has 4 nitrogen and oxygen atoms in total. The molecule has 0 aliphatic heterocycles. The van der Waals surface area contributed by atoms with Crippen LogP contribution in [0.2, 0.25) is 0 Å². The highest BCUT2D eigenvalue weighted by atomic mass is 16.4. The maximum absolute atomic E-state index is 11.3. The van der Waals surface area contributed by atoms with Gasteiger partial charge >= 0.3 is 11.9 Å². The fraction of sp³-hybridized carbons (Fsp3) is 0.143. The van der Waals surface area contributed by atoms with Crippen LogP contribution in [0.5, 0.6) is 0 Å². The van der Waals surface area contributed by atoms with Gasteiger partial charge < -0.3 is 10.2 Å². The average Bonchev–Trinajstić information content (AvgIpc) is 2.27. The highest BCUT2D eigenvalue weighted by molar-refractivity contribution is 6.12. The molecule has 0 radical (unpaired) electrons. The molecule has 0 aliphatic rings. The van der Waals surface area contributed by atoms with Crippen LogP contribution in [0.4, 0.5) is 0 Å². The van der Waals surface area contributed by atoms with E-state index in [2.05, 4.69) is 0 Å². The summed E-state index contributed by atoms with van der Waals surface area (Å²) in [4.78, 5) is 22.4. The minimum atomic E-state index is -1.22. The van der Waals surface area contributed by atoms with Crippen LogP contribution in [0.15, 0.2) is 24.3 Å². The number of carboxylic acids is 2. The van der Waals surface area contributed by atoms with Gasteiger partial charge in [0.1, 0.15) is 0 Å². The van der Waals surface area contributed by atoms with Crippen LogP contribution in [-0.4, -0.2) is 22.2 Å². The Morgan fingerprint density at radius 2 is 1.61 bits per heavy atom. The predicted octanol–water partition coefficient (Wildman–Crippen LogP) is 2.85. The minimum absolute atomic E-state index is 0.146. The highest BCUT2D eigenvalue weighted by Crippen LogP contribution is 2.27. The van der Waals surface area contributed by atoms with Crippen molar-refractivity contribution in [2.75, 3.05) is 0 Å². The third-order valence-electron chi connectivity index (χ3n) is 2.94. The lowest BCUT2D eigenvalue weighted by Gasteiger charge is -2.10. The van der Waals surface area contributed by atoms with E-state index in [0.717, 1.165) is 16.5 Å². The first kappa shape index (κ1) is 12.1. The molecule has 0 aliphatic carbocycles. The van der Waals surface area contributed by atoms with Crippen molar-refractivity contribution in [3.8, 4) is 0 Å². The molecule has 2 aromatic carbocycles. The second-order valence-electron chi connectivity index (χ2n) is 4.28. The van der Waals surface area contributed by atoms with Crippen LogP contribution in [0, 0.1) is 13.8 Å². The van der Waals surface area contributed by atoms with Gasteiger partial charge in [-0.1, -0.05) is 23.8 Å². The van der Waals surface area contributed by atoms with Gasteiger partial charge in [-0.05, 0) is 36.2 Å². The molecule has 0 heterocycles. The second-order valence-corrected chi connectivity index (χ2v) is 4.28. The van der Waals surface area contributed by atoms with Gasteiger partial charge in [0, 0.05) is 0 Å². The molecule has 0 saturated carbocycles. The number of benzene rings is 2. The number of hydrogen-bond donors (Lipinski definition) is 2. The van der Waals surface area contributed by atoms with Crippen LogP contribution in [0.3, 0.4) is 0 Å². The van der Waals surface area contributed by atoms with E-state index in [0.29, 0.717) is 5.39 Å². The lowest BCUT2D eigenvalue weighted by Crippen LogP contribution is -2.09. The third kappa shape index (κ3) is 1.82. The molecule has 0 unspecified atom stereocenters. The summed E-state index contributed by atoms with van der Waals surface area (Å²) in [6, 6.07) is 6.81. The Morgan fingerprint density at radius 1 is 0.944 bits per heavy atom. The van der Waals surface area contributed by atoms with Gasteiger partial charge in [-0.2, -0.15) is 0 Å². The maximum Gasteiger partial charge on any atom is 0.337 e. The number of hydrogen-bond acceptors (Lipinski definition) is 2. The van der Waals surface area contributed by atoms with Crippen molar-refractivity contribution in [3.63, 3.8) is 0 Å². The first-order chi connectivity index (χ1) is 8.41. The third-order valence-corrected chi connectivity index (χ3v) is 2.94. The van der Waals surface area contributed by atoms with Gasteiger partial charge in [-0.25, -0.2) is 9.59 Å². The highest BCUT2D eigenvalue weighted by Gasteiger charge is 2.20. The van der Waals surface area contributed by atoms with Crippen molar-refractivity contribution in [1.82, 2.24) is 0 Å². The molecular formula is C14H12O4. The van der Waals surface area contributed by atoms with Crippen LogP contribution >= 0.6 is 0 Å². The largest absolute Gasteiger partial charge is 0.478 e. The van der Waals surface area contributed by atoms with Gasteiger partial charge in [0.15, 0.2) is 0 Å². The number of rotatable bonds is 2. The molecule has 92 valence electrons. The van der Waals surface area contributed by atoms with Crippen molar-refractivity contribution in [1.29, 1.82) is 0 Å². The van der Waals surface area contributed by atoms with E-state index < -0.39 is 11.9 Å².